The molecule has 0 aliphatic carbocycles. The summed E-state index contributed by atoms with van der Waals surface area (Å²) in [5, 5.41) is 0.0322. The number of rotatable bonds is 6. The maximum atomic E-state index is 12.3. The predicted molar refractivity (Wildman–Crippen MR) is 88.6 cm³/mol. The molecule has 24 heavy (non-hydrogen) atoms. The lowest BCUT2D eigenvalue weighted by Crippen LogP contribution is -2.23. The number of furan rings is 1. The van der Waals surface area contributed by atoms with E-state index >= 15 is 0 Å². The fourth-order valence-electron chi connectivity index (χ4n) is 2.29. The number of aryl methyl sites for hydroxylation is 2. The number of pyridine rings is 1. The van der Waals surface area contributed by atoms with E-state index in [0.717, 1.165) is 16.8 Å². The van der Waals surface area contributed by atoms with E-state index in [1.807, 2.05) is 25.1 Å². The molecule has 0 bridgehead atoms. The molecule has 0 amide bonds. The zero-order chi connectivity index (χ0) is 17.2. The second-order valence-corrected chi connectivity index (χ2v) is 7.01. The minimum absolute atomic E-state index is 0.0322. The average molecular weight is 346 g/mol. The summed E-state index contributed by atoms with van der Waals surface area (Å²) in [7, 11) is -3.65. The average Bonchev–Trinajstić information content (AvgIpc) is 3.23. The van der Waals surface area contributed by atoms with E-state index in [4.69, 9.17) is 4.42 Å². The first-order valence-electron chi connectivity index (χ1n) is 7.50. The Labute approximate surface area is 140 Å². The molecule has 0 spiro atoms. The number of imidazole rings is 1. The second-order valence-electron chi connectivity index (χ2n) is 5.30. The van der Waals surface area contributed by atoms with Crippen molar-refractivity contribution < 1.29 is 12.8 Å². The van der Waals surface area contributed by atoms with E-state index in [0.29, 0.717) is 12.4 Å². The van der Waals surface area contributed by atoms with Crippen molar-refractivity contribution in [1.82, 2.24) is 19.3 Å². The Balaban J connectivity index is 1.70. The van der Waals surface area contributed by atoms with Gasteiger partial charge in [0.25, 0.3) is 10.0 Å². The summed E-state index contributed by atoms with van der Waals surface area (Å²) in [6.45, 7) is 4.54. The van der Waals surface area contributed by atoms with Crippen molar-refractivity contribution in [3.05, 3.63) is 54.5 Å². The zero-order valence-electron chi connectivity index (χ0n) is 13.4. The Kier molecular flexibility index (Phi) is 4.50. The smallest absolute Gasteiger partial charge is 0.259 e. The van der Waals surface area contributed by atoms with Gasteiger partial charge in [-0.25, -0.2) is 18.1 Å². The van der Waals surface area contributed by atoms with Gasteiger partial charge in [0.1, 0.15) is 5.82 Å². The zero-order valence-corrected chi connectivity index (χ0v) is 14.2. The lowest BCUT2D eigenvalue weighted by atomic mass is 10.2. The van der Waals surface area contributed by atoms with Gasteiger partial charge in [-0.2, -0.15) is 0 Å². The molecule has 8 heteroatoms. The lowest BCUT2D eigenvalue weighted by molar-refractivity contribution is 0.568. The summed E-state index contributed by atoms with van der Waals surface area (Å²) in [5.74, 6) is 0.670. The Morgan fingerprint density at radius 3 is 2.71 bits per heavy atom. The summed E-state index contributed by atoms with van der Waals surface area (Å²) < 4.78 is 34.0. The molecule has 3 heterocycles. The predicted octanol–water partition coefficient (Wildman–Crippen LogP) is 2.34. The van der Waals surface area contributed by atoms with Crippen LogP contribution in [0.3, 0.4) is 0 Å². The Morgan fingerprint density at radius 1 is 1.29 bits per heavy atom. The van der Waals surface area contributed by atoms with E-state index < -0.39 is 10.0 Å². The van der Waals surface area contributed by atoms with E-state index in [2.05, 4.69) is 14.7 Å². The molecule has 0 saturated heterocycles. The lowest BCUT2D eigenvalue weighted by Gasteiger charge is -2.05. The van der Waals surface area contributed by atoms with Gasteiger partial charge < -0.3 is 8.98 Å². The van der Waals surface area contributed by atoms with Crippen LogP contribution in [0.15, 0.2) is 52.6 Å². The molecule has 0 saturated carbocycles. The maximum Gasteiger partial charge on any atom is 0.259 e. The molecule has 1 N–H and O–H groups in total. The molecule has 3 aromatic rings. The normalized spacial score (nSPS) is 11.8. The van der Waals surface area contributed by atoms with Gasteiger partial charge in [-0.3, -0.25) is 4.98 Å². The number of hydrogen-bond donors (Lipinski definition) is 1. The van der Waals surface area contributed by atoms with Crippen LogP contribution in [0, 0.1) is 6.92 Å². The van der Waals surface area contributed by atoms with Gasteiger partial charge in [-0.15, -0.1) is 0 Å². The van der Waals surface area contributed by atoms with Gasteiger partial charge in [-0.05, 0) is 31.5 Å². The highest BCUT2D eigenvalue weighted by Gasteiger charge is 2.18. The van der Waals surface area contributed by atoms with Crippen LogP contribution in [0.2, 0.25) is 0 Å². The fourth-order valence-corrected chi connectivity index (χ4v) is 3.31. The Morgan fingerprint density at radius 2 is 2.12 bits per heavy atom. The van der Waals surface area contributed by atoms with Gasteiger partial charge >= 0.3 is 0 Å². The minimum atomic E-state index is -3.65. The first kappa shape index (κ1) is 16.4. The van der Waals surface area contributed by atoms with Crippen LogP contribution in [0.1, 0.15) is 18.3 Å². The monoisotopic (exact) mass is 346 g/mol. The van der Waals surface area contributed by atoms with E-state index in [-0.39, 0.29) is 11.6 Å². The van der Waals surface area contributed by atoms with Crippen molar-refractivity contribution in [2.24, 2.45) is 0 Å². The molecule has 126 valence electrons. The molecule has 0 unspecified atom stereocenters. The molecule has 0 fully saturated rings. The third-order valence-electron chi connectivity index (χ3n) is 3.68. The van der Waals surface area contributed by atoms with Crippen molar-refractivity contribution in [3.8, 4) is 11.3 Å². The first-order chi connectivity index (χ1) is 11.5. The Bertz CT molecular complexity index is 913. The van der Waals surface area contributed by atoms with Crippen LogP contribution in [-0.4, -0.2) is 23.0 Å². The van der Waals surface area contributed by atoms with E-state index in [9.17, 15) is 8.42 Å². The number of aromatic nitrogens is 3. The second kappa shape index (κ2) is 6.58. The first-order valence-corrected chi connectivity index (χ1v) is 8.99. The summed E-state index contributed by atoms with van der Waals surface area (Å²) >= 11 is 0. The van der Waals surface area contributed by atoms with Crippen LogP contribution >= 0.6 is 0 Å². The summed E-state index contributed by atoms with van der Waals surface area (Å²) in [6.07, 6.45) is 6.37. The molecule has 0 radical (unpaired) electrons. The SMILES string of the molecule is CCn1cc(S(=O)(=O)NCc2ccc(-c3ccoc3)nc2)nc1C. The highest BCUT2D eigenvalue weighted by molar-refractivity contribution is 7.89. The molecule has 3 rings (SSSR count). The standard InChI is InChI=1S/C16H18N4O3S/c1-3-20-10-16(19-12(20)2)24(21,22)18-9-13-4-5-15(17-8-13)14-6-7-23-11-14/h4-8,10-11,18H,3,9H2,1-2H3. The third-order valence-corrected chi connectivity index (χ3v) is 4.95. The molecule has 3 aromatic heterocycles. The third kappa shape index (κ3) is 3.39. The van der Waals surface area contributed by atoms with Crippen LogP contribution in [-0.2, 0) is 23.1 Å². The Hall–Kier alpha value is -2.45. The van der Waals surface area contributed by atoms with Gasteiger partial charge in [0.15, 0.2) is 5.03 Å². The molecular formula is C16H18N4O3S. The molecule has 0 aliphatic heterocycles. The van der Waals surface area contributed by atoms with E-state index in [1.54, 1.807) is 30.2 Å². The van der Waals surface area contributed by atoms with Crippen molar-refractivity contribution >= 4 is 10.0 Å². The number of sulfonamides is 1. The van der Waals surface area contributed by atoms with Crippen LogP contribution in [0.25, 0.3) is 11.3 Å². The van der Waals surface area contributed by atoms with Crippen molar-refractivity contribution in [2.75, 3.05) is 0 Å². The van der Waals surface area contributed by atoms with Crippen molar-refractivity contribution in [3.63, 3.8) is 0 Å². The van der Waals surface area contributed by atoms with Crippen molar-refractivity contribution in [2.45, 2.75) is 32.0 Å². The minimum Gasteiger partial charge on any atom is -0.472 e. The largest absolute Gasteiger partial charge is 0.472 e. The molecule has 0 atom stereocenters. The summed E-state index contributed by atoms with van der Waals surface area (Å²) in [5.41, 5.74) is 2.41. The topological polar surface area (TPSA) is 90.0 Å². The molecule has 0 aromatic carbocycles. The maximum absolute atomic E-state index is 12.3. The quantitative estimate of drug-likeness (QED) is 0.740. The van der Waals surface area contributed by atoms with Crippen LogP contribution in [0.5, 0.6) is 0 Å². The number of nitrogens with zero attached hydrogens (tertiary/aromatic N) is 3. The van der Waals surface area contributed by atoms with Crippen LogP contribution in [0.4, 0.5) is 0 Å². The summed E-state index contributed by atoms with van der Waals surface area (Å²) in [6, 6.07) is 5.47. The fraction of sp³-hybridized carbons (Fsp3) is 0.250. The number of nitrogens with one attached hydrogen (secondary N) is 1. The molecule has 0 aliphatic rings. The van der Waals surface area contributed by atoms with Gasteiger partial charge in [-0.1, -0.05) is 6.07 Å². The molecule has 7 nitrogen and oxygen atoms in total. The van der Waals surface area contributed by atoms with E-state index in [1.165, 1.54) is 6.20 Å². The van der Waals surface area contributed by atoms with Crippen LogP contribution < -0.4 is 4.72 Å². The highest BCUT2D eigenvalue weighted by atomic mass is 32.2. The van der Waals surface area contributed by atoms with Gasteiger partial charge in [0.2, 0.25) is 0 Å². The number of hydrogen-bond acceptors (Lipinski definition) is 5. The highest BCUT2D eigenvalue weighted by Crippen LogP contribution is 2.17. The summed E-state index contributed by atoms with van der Waals surface area (Å²) in [4.78, 5) is 8.41. The van der Waals surface area contributed by atoms with Gasteiger partial charge in [0, 0.05) is 31.0 Å². The van der Waals surface area contributed by atoms with Gasteiger partial charge in [0.05, 0.1) is 18.2 Å². The molecular weight excluding hydrogens is 328 g/mol. The van der Waals surface area contributed by atoms with Crippen molar-refractivity contribution in [1.29, 1.82) is 0 Å².